The monoisotopic (exact) mass is 349 g/mol. The number of carbonyl (C=O) groups excluding carboxylic acids is 1. The largest absolute Gasteiger partial charge is 0.472 e. The molecule has 136 valence electrons. The summed E-state index contributed by atoms with van der Waals surface area (Å²) in [4.78, 5) is 16.0. The van der Waals surface area contributed by atoms with E-state index in [9.17, 15) is 9.90 Å². The molecule has 1 saturated heterocycles. The molecule has 25 heavy (non-hydrogen) atoms. The molecule has 2 aromatic rings. The van der Waals surface area contributed by atoms with Gasteiger partial charge in [-0.15, -0.1) is 10.2 Å². The molecule has 1 aliphatic heterocycles. The molecule has 9 heteroatoms. The summed E-state index contributed by atoms with van der Waals surface area (Å²) in [6, 6.07) is 1.43. The van der Waals surface area contributed by atoms with E-state index < -0.39 is 6.10 Å². The number of likely N-dealkylation sites (tertiary alicyclic amines) is 1. The van der Waals surface area contributed by atoms with Crippen molar-refractivity contribution in [2.75, 3.05) is 19.6 Å². The molecule has 2 amide bonds. The summed E-state index contributed by atoms with van der Waals surface area (Å²) in [5, 5.41) is 21.1. The molecule has 0 aromatic carbocycles. The van der Waals surface area contributed by atoms with Gasteiger partial charge in [-0.2, -0.15) is 0 Å². The van der Waals surface area contributed by atoms with Crippen LogP contribution in [0.25, 0.3) is 0 Å². The average Bonchev–Trinajstić information content (AvgIpc) is 3.32. The Balaban J connectivity index is 1.56. The second-order valence-electron chi connectivity index (χ2n) is 6.11. The minimum absolute atomic E-state index is 0.170. The summed E-state index contributed by atoms with van der Waals surface area (Å²) in [6.45, 7) is 6.02. The predicted molar refractivity (Wildman–Crippen MR) is 87.4 cm³/mol. The first-order valence-corrected chi connectivity index (χ1v) is 8.31. The Hall–Kier alpha value is -2.39. The molecule has 0 saturated carbocycles. The quantitative estimate of drug-likeness (QED) is 0.792. The van der Waals surface area contributed by atoms with Crippen molar-refractivity contribution in [1.82, 2.24) is 25.3 Å². The molecule has 3 heterocycles. The Morgan fingerprint density at radius 2 is 2.32 bits per heavy atom. The number of β-amino-alcohol motifs (C(OH)–C–C–N with tert-alkyl or cyclic N) is 1. The van der Waals surface area contributed by atoms with Crippen LogP contribution >= 0.6 is 0 Å². The van der Waals surface area contributed by atoms with Gasteiger partial charge >= 0.3 is 6.03 Å². The van der Waals surface area contributed by atoms with Crippen LogP contribution < -0.4 is 5.32 Å². The van der Waals surface area contributed by atoms with Gasteiger partial charge in [-0.3, -0.25) is 4.90 Å². The van der Waals surface area contributed by atoms with Gasteiger partial charge in [-0.25, -0.2) is 4.79 Å². The molecule has 0 aliphatic carbocycles. The summed E-state index contributed by atoms with van der Waals surface area (Å²) in [6.07, 6.45) is 2.53. The van der Waals surface area contributed by atoms with Gasteiger partial charge in [0, 0.05) is 32.1 Å². The van der Waals surface area contributed by atoms with Gasteiger partial charge in [0.25, 0.3) is 0 Å². The maximum Gasteiger partial charge on any atom is 0.317 e. The van der Waals surface area contributed by atoms with E-state index in [1.165, 1.54) is 0 Å². The molecule has 1 aliphatic rings. The summed E-state index contributed by atoms with van der Waals surface area (Å²) in [5.41, 5.74) is 0.895. The number of nitrogens with zero attached hydrogens (tertiary/aromatic N) is 4. The number of aliphatic hydroxyl groups is 1. The van der Waals surface area contributed by atoms with E-state index in [1.807, 2.05) is 11.8 Å². The highest BCUT2D eigenvalue weighted by atomic mass is 16.4. The first-order valence-electron chi connectivity index (χ1n) is 8.31. The summed E-state index contributed by atoms with van der Waals surface area (Å²) >= 11 is 0. The zero-order valence-corrected chi connectivity index (χ0v) is 14.4. The molecule has 0 radical (unpaired) electrons. The van der Waals surface area contributed by atoms with Crippen LogP contribution in [-0.2, 0) is 13.1 Å². The Morgan fingerprint density at radius 1 is 1.48 bits per heavy atom. The predicted octanol–water partition coefficient (Wildman–Crippen LogP) is 0.748. The molecular formula is C16H23N5O4. The summed E-state index contributed by atoms with van der Waals surface area (Å²) in [7, 11) is 0. The number of hydrogen-bond donors (Lipinski definition) is 2. The van der Waals surface area contributed by atoms with E-state index in [2.05, 4.69) is 15.5 Å². The first kappa shape index (κ1) is 17.4. The Labute approximate surface area is 145 Å². The van der Waals surface area contributed by atoms with E-state index in [-0.39, 0.29) is 12.1 Å². The van der Waals surface area contributed by atoms with E-state index in [4.69, 9.17) is 8.83 Å². The number of aromatic nitrogens is 2. The van der Waals surface area contributed by atoms with Crippen LogP contribution in [0.2, 0.25) is 0 Å². The highest BCUT2D eigenvalue weighted by molar-refractivity contribution is 5.74. The first-order chi connectivity index (χ1) is 12.1. The molecule has 2 aromatic heterocycles. The average molecular weight is 349 g/mol. The molecule has 3 rings (SSSR count). The van der Waals surface area contributed by atoms with Gasteiger partial charge < -0.3 is 24.2 Å². The number of aliphatic hydroxyl groups excluding tert-OH is 1. The van der Waals surface area contributed by atoms with Crippen molar-refractivity contribution in [1.29, 1.82) is 0 Å². The van der Waals surface area contributed by atoms with Crippen molar-refractivity contribution in [3.05, 3.63) is 35.9 Å². The fourth-order valence-corrected chi connectivity index (χ4v) is 3.02. The number of hydrogen-bond acceptors (Lipinski definition) is 7. The lowest BCUT2D eigenvalue weighted by atomic mass is 10.2. The lowest BCUT2D eigenvalue weighted by Gasteiger charge is -2.27. The lowest BCUT2D eigenvalue weighted by molar-refractivity contribution is 0.0760. The van der Waals surface area contributed by atoms with Crippen molar-refractivity contribution in [2.24, 2.45) is 0 Å². The molecule has 1 fully saturated rings. The zero-order valence-electron chi connectivity index (χ0n) is 14.4. The highest BCUT2D eigenvalue weighted by Gasteiger charge is 2.37. The smallest absolute Gasteiger partial charge is 0.317 e. The summed E-state index contributed by atoms with van der Waals surface area (Å²) in [5.74, 6) is 1.02. The molecular weight excluding hydrogens is 326 g/mol. The fourth-order valence-electron chi connectivity index (χ4n) is 3.02. The normalized spacial score (nSPS) is 20.4. The lowest BCUT2D eigenvalue weighted by Crippen LogP contribution is -2.43. The van der Waals surface area contributed by atoms with Crippen LogP contribution in [0, 0.1) is 6.92 Å². The third-order valence-electron chi connectivity index (χ3n) is 4.35. The molecule has 0 bridgehead atoms. The summed E-state index contributed by atoms with van der Waals surface area (Å²) < 4.78 is 10.4. The van der Waals surface area contributed by atoms with Gasteiger partial charge in [0.1, 0.15) is 0 Å². The van der Waals surface area contributed by atoms with Crippen molar-refractivity contribution < 1.29 is 18.7 Å². The van der Waals surface area contributed by atoms with Gasteiger partial charge in [0.05, 0.1) is 31.2 Å². The molecule has 0 unspecified atom stereocenters. The standard InChI is InChI=1S/C16H23N5O4/c1-3-20(9-15-19-18-11(2)25-15)13-7-21(8-14(13)22)16(23)17-6-12-4-5-24-10-12/h4-5,10,13-14,22H,3,6-9H2,1-2H3,(H,17,23)/t13-,14-/m1/s1. The molecule has 0 spiro atoms. The van der Waals surface area contributed by atoms with Gasteiger partial charge in [0.2, 0.25) is 11.8 Å². The molecule has 9 nitrogen and oxygen atoms in total. The second-order valence-corrected chi connectivity index (χ2v) is 6.11. The number of nitrogens with one attached hydrogen (secondary N) is 1. The van der Waals surface area contributed by atoms with Crippen LogP contribution in [0.1, 0.15) is 24.3 Å². The molecule has 2 atom stereocenters. The van der Waals surface area contributed by atoms with Crippen molar-refractivity contribution in [3.8, 4) is 0 Å². The van der Waals surface area contributed by atoms with Gasteiger partial charge in [-0.05, 0) is 12.6 Å². The second kappa shape index (κ2) is 7.66. The van der Waals surface area contributed by atoms with E-state index >= 15 is 0 Å². The van der Waals surface area contributed by atoms with E-state index in [0.29, 0.717) is 44.5 Å². The van der Waals surface area contributed by atoms with E-state index in [0.717, 1.165) is 5.56 Å². The number of likely N-dealkylation sites (N-methyl/N-ethyl adjacent to an activating group) is 1. The number of urea groups is 1. The van der Waals surface area contributed by atoms with E-state index in [1.54, 1.807) is 30.4 Å². The maximum absolute atomic E-state index is 12.3. The topological polar surface area (TPSA) is 108 Å². The minimum atomic E-state index is -0.622. The van der Waals surface area contributed by atoms with Crippen LogP contribution in [0.4, 0.5) is 4.79 Å². The Bertz CT molecular complexity index is 687. The zero-order chi connectivity index (χ0) is 17.8. The van der Waals surface area contributed by atoms with Crippen LogP contribution in [-0.4, -0.2) is 62.9 Å². The highest BCUT2D eigenvalue weighted by Crippen LogP contribution is 2.19. The Kier molecular flexibility index (Phi) is 5.34. The van der Waals surface area contributed by atoms with Crippen molar-refractivity contribution in [3.63, 3.8) is 0 Å². The number of amides is 2. The van der Waals surface area contributed by atoms with Crippen molar-refractivity contribution in [2.45, 2.75) is 39.1 Å². The van der Waals surface area contributed by atoms with Crippen LogP contribution in [0.15, 0.2) is 27.4 Å². The number of carbonyl (C=O) groups is 1. The third-order valence-corrected chi connectivity index (χ3v) is 4.35. The van der Waals surface area contributed by atoms with Crippen LogP contribution in [0.3, 0.4) is 0 Å². The van der Waals surface area contributed by atoms with Gasteiger partial charge in [-0.1, -0.05) is 6.92 Å². The number of furan rings is 1. The molecule has 2 N–H and O–H groups in total. The fraction of sp³-hybridized carbons (Fsp3) is 0.562. The van der Waals surface area contributed by atoms with Gasteiger partial charge in [0.15, 0.2) is 0 Å². The maximum atomic E-state index is 12.3. The Morgan fingerprint density at radius 3 is 2.96 bits per heavy atom. The SMILES string of the molecule is CCN(Cc1nnc(C)o1)[C@@H]1CN(C(=O)NCc2ccoc2)C[C@H]1O. The van der Waals surface area contributed by atoms with Crippen LogP contribution in [0.5, 0.6) is 0 Å². The number of aryl methyl sites for hydroxylation is 1. The minimum Gasteiger partial charge on any atom is -0.472 e. The van der Waals surface area contributed by atoms with Crippen molar-refractivity contribution >= 4 is 6.03 Å². The third kappa shape index (κ3) is 4.18. The number of rotatable bonds is 6.